The number of phenolic OH excluding ortho intramolecular Hbond substituents is 1. The zero-order valence-corrected chi connectivity index (χ0v) is 25.3. The van der Waals surface area contributed by atoms with Crippen molar-refractivity contribution in [2.24, 2.45) is 5.41 Å². The van der Waals surface area contributed by atoms with Crippen molar-refractivity contribution in [3.05, 3.63) is 41.5 Å². The third-order valence-corrected chi connectivity index (χ3v) is 9.54. The van der Waals surface area contributed by atoms with Crippen molar-refractivity contribution in [2.45, 2.75) is 25.3 Å². The second kappa shape index (κ2) is 11.5. The van der Waals surface area contributed by atoms with Crippen molar-refractivity contribution in [1.29, 1.82) is 0 Å². The molecule has 2 N–H and O–H groups in total. The number of aromatic hydroxyl groups is 1. The molecule has 4 aliphatic rings. The molecule has 0 bridgehead atoms. The first-order valence-corrected chi connectivity index (χ1v) is 15.8. The molecule has 12 heteroatoms. The molecule has 1 aliphatic carbocycles. The third-order valence-electron chi connectivity index (χ3n) is 9.54. The molecule has 1 atom stereocenters. The number of terminal acetylenes is 1. The van der Waals surface area contributed by atoms with Crippen molar-refractivity contribution in [3.63, 3.8) is 0 Å². The monoisotopic (exact) mass is 628 g/mol. The Morgan fingerprint density at radius 1 is 1.11 bits per heavy atom. The molecule has 5 heterocycles. The van der Waals surface area contributed by atoms with Gasteiger partial charge in [0.15, 0.2) is 5.82 Å². The van der Waals surface area contributed by atoms with Crippen LogP contribution in [0.3, 0.4) is 0 Å². The highest BCUT2D eigenvalue weighted by atomic mass is 19.1. The Balaban J connectivity index is 1.25. The molecule has 10 nitrogen and oxygen atoms in total. The number of anilines is 1. The van der Waals surface area contributed by atoms with E-state index in [1.54, 1.807) is 0 Å². The van der Waals surface area contributed by atoms with Crippen molar-refractivity contribution in [3.8, 4) is 41.2 Å². The molecular weight excluding hydrogens is 594 g/mol. The zero-order valence-electron chi connectivity index (χ0n) is 25.3. The van der Waals surface area contributed by atoms with Crippen LogP contribution in [0.4, 0.5) is 14.6 Å². The Morgan fingerprint density at radius 2 is 2.00 bits per heavy atom. The van der Waals surface area contributed by atoms with E-state index in [1.165, 1.54) is 24.3 Å². The standard InChI is InChI=1S/C34H34F2N6O4/c1-2-23-25(35)5-4-20-14-22(43)15-24(26(20)23)29-28(36)30-27-31(42-10-8-37-16-21(42)17-45-32(27)38-29)40-33(39-30)46-19-34(6-7-34)18-41-9-3-12-44-13-11-41/h1,4-5,14-15,21,37,43H,3,6-13,16-19H2/t21-/m0/s1. The van der Waals surface area contributed by atoms with E-state index in [0.717, 1.165) is 58.7 Å². The molecule has 1 saturated carbocycles. The van der Waals surface area contributed by atoms with E-state index in [-0.39, 0.29) is 63.4 Å². The van der Waals surface area contributed by atoms with Crippen LogP contribution in [-0.4, -0.2) is 96.7 Å². The molecule has 238 valence electrons. The summed E-state index contributed by atoms with van der Waals surface area (Å²) in [5, 5.41) is 15.0. The van der Waals surface area contributed by atoms with Crippen molar-refractivity contribution < 1.29 is 28.1 Å². The molecule has 0 radical (unpaired) electrons. The Kier molecular flexibility index (Phi) is 7.27. The maximum atomic E-state index is 16.9. The van der Waals surface area contributed by atoms with Gasteiger partial charge in [0.25, 0.3) is 0 Å². The highest BCUT2D eigenvalue weighted by molar-refractivity contribution is 6.04. The lowest BCUT2D eigenvalue weighted by atomic mass is 9.95. The Labute approximate surface area is 264 Å². The zero-order chi connectivity index (χ0) is 31.4. The average Bonchev–Trinajstić information content (AvgIpc) is 3.89. The van der Waals surface area contributed by atoms with E-state index in [2.05, 4.69) is 31.0 Å². The average molecular weight is 629 g/mol. The van der Waals surface area contributed by atoms with Gasteiger partial charge < -0.3 is 34.4 Å². The highest BCUT2D eigenvalue weighted by Gasteiger charge is 2.45. The number of hydrogen-bond acceptors (Lipinski definition) is 10. The van der Waals surface area contributed by atoms with Crippen LogP contribution in [0, 0.1) is 29.4 Å². The fourth-order valence-electron chi connectivity index (χ4n) is 6.95. The van der Waals surface area contributed by atoms with Gasteiger partial charge in [0.2, 0.25) is 5.88 Å². The van der Waals surface area contributed by atoms with Crippen LogP contribution in [0.1, 0.15) is 24.8 Å². The van der Waals surface area contributed by atoms with Crippen LogP contribution in [0.5, 0.6) is 17.6 Å². The molecule has 2 aromatic heterocycles. The topological polar surface area (TPSA) is 105 Å². The summed E-state index contributed by atoms with van der Waals surface area (Å²) in [7, 11) is 0. The fraction of sp³-hybridized carbons (Fsp3) is 0.441. The number of nitrogens with one attached hydrogen (secondary N) is 1. The van der Waals surface area contributed by atoms with Crippen molar-refractivity contribution >= 4 is 27.5 Å². The first-order valence-electron chi connectivity index (χ1n) is 15.8. The van der Waals surface area contributed by atoms with Gasteiger partial charge >= 0.3 is 6.01 Å². The minimum absolute atomic E-state index is 0.0131. The summed E-state index contributed by atoms with van der Waals surface area (Å²) >= 11 is 0. The molecule has 8 rings (SSSR count). The molecule has 3 fully saturated rings. The Morgan fingerprint density at radius 3 is 2.85 bits per heavy atom. The Bertz CT molecular complexity index is 1890. The van der Waals surface area contributed by atoms with Crippen LogP contribution < -0.4 is 19.7 Å². The maximum Gasteiger partial charge on any atom is 0.319 e. The Hall–Kier alpha value is -4.31. The molecular formula is C34H34F2N6O4. The van der Waals surface area contributed by atoms with E-state index in [4.69, 9.17) is 25.6 Å². The van der Waals surface area contributed by atoms with Gasteiger partial charge in [0.05, 0.1) is 24.8 Å². The van der Waals surface area contributed by atoms with Crippen LogP contribution in [0.25, 0.3) is 32.9 Å². The molecule has 2 aromatic carbocycles. The lowest BCUT2D eigenvalue weighted by Gasteiger charge is -2.35. The number of rotatable bonds is 6. The van der Waals surface area contributed by atoms with Gasteiger partial charge in [-0.15, -0.1) is 6.42 Å². The van der Waals surface area contributed by atoms with Crippen molar-refractivity contribution in [1.82, 2.24) is 25.2 Å². The van der Waals surface area contributed by atoms with Gasteiger partial charge in [-0.3, -0.25) is 0 Å². The second-order valence-corrected chi connectivity index (χ2v) is 12.7. The quantitative estimate of drug-likeness (QED) is 0.306. The van der Waals surface area contributed by atoms with Crippen LogP contribution >= 0.6 is 0 Å². The number of benzene rings is 2. The lowest BCUT2D eigenvalue weighted by molar-refractivity contribution is 0.127. The number of piperazine rings is 1. The summed E-state index contributed by atoms with van der Waals surface area (Å²) in [6.07, 6.45) is 8.78. The molecule has 4 aromatic rings. The maximum absolute atomic E-state index is 16.9. The predicted molar refractivity (Wildman–Crippen MR) is 168 cm³/mol. The molecule has 46 heavy (non-hydrogen) atoms. The van der Waals surface area contributed by atoms with Crippen LogP contribution in [0.15, 0.2) is 24.3 Å². The fourth-order valence-corrected chi connectivity index (χ4v) is 6.95. The molecule has 0 spiro atoms. The minimum Gasteiger partial charge on any atom is -0.508 e. The summed E-state index contributed by atoms with van der Waals surface area (Å²) < 4.78 is 50.0. The normalized spacial score (nSPS) is 20.8. The number of aromatic nitrogens is 3. The van der Waals surface area contributed by atoms with Crippen LogP contribution in [0.2, 0.25) is 0 Å². The van der Waals surface area contributed by atoms with Gasteiger partial charge in [-0.05, 0) is 42.8 Å². The van der Waals surface area contributed by atoms with E-state index in [0.29, 0.717) is 36.3 Å². The number of pyridine rings is 1. The predicted octanol–water partition coefficient (Wildman–Crippen LogP) is 3.86. The van der Waals surface area contributed by atoms with Gasteiger partial charge in [-0.1, -0.05) is 12.0 Å². The van der Waals surface area contributed by atoms with Crippen molar-refractivity contribution in [2.75, 3.05) is 70.6 Å². The van der Waals surface area contributed by atoms with E-state index in [1.807, 2.05) is 0 Å². The number of nitrogens with zero attached hydrogens (tertiary/aromatic N) is 5. The molecule has 3 aliphatic heterocycles. The van der Waals surface area contributed by atoms with Crippen LogP contribution in [-0.2, 0) is 4.74 Å². The minimum atomic E-state index is -0.769. The second-order valence-electron chi connectivity index (χ2n) is 12.7. The molecule has 2 saturated heterocycles. The smallest absolute Gasteiger partial charge is 0.319 e. The van der Waals surface area contributed by atoms with E-state index in [9.17, 15) is 9.50 Å². The summed E-state index contributed by atoms with van der Waals surface area (Å²) in [4.78, 5) is 18.6. The number of halogens is 2. The summed E-state index contributed by atoms with van der Waals surface area (Å²) in [6, 6.07) is 5.49. The molecule has 0 amide bonds. The SMILES string of the molecule is C#Cc1c(F)ccc2cc(O)cc(-c3nc4c5c(nc(OCC6(CN7CCCOCC7)CC6)nc5c3F)N3CCNC[C@H]3CO4)c12. The van der Waals surface area contributed by atoms with Gasteiger partial charge in [-0.25, -0.2) is 13.8 Å². The third kappa shape index (κ3) is 5.12. The number of fused-ring (bicyclic) bond motifs is 3. The van der Waals surface area contributed by atoms with Gasteiger partial charge in [0.1, 0.15) is 40.6 Å². The largest absolute Gasteiger partial charge is 0.508 e. The number of phenols is 1. The summed E-state index contributed by atoms with van der Waals surface area (Å²) in [5.74, 6) is 1.49. The summed E-state index contributed by atoms with van der Waals surface area (Å²) in [6.45, 7) is 6.97. The number of ether oxygens (including phenoxy) is 3. The highest BCUT2D eigenvalue weighted by Crippen LogP contribution is 2.47. The molecule has 0 unspecified atom stereocenters. The number of hydrogen-bond donors (Lipinski definition) is 2. The van der Waals surface area contributed by atoms with E-state index >= 15 is 4.39 Å². The first kappa shape index (κ1) is 29.1. The van der Waals surface area contributed by atoms with E-state index < -0.39 is 11.6 Å². The summed E-state index contributed by atoms with van der Waals surface area (Å²) in [5.41, 5.74) is -0.126. The van der Waals surface area contributed by atoms with Gasteiger partial charge in [0, 0.05) is 62.2 Å². The lowest BCUT2D eigenvalue weighted by Crippen LogP contribution is -2.53. The van der Waals surface area contributed by atoms with Gasteiger partial charge in [-0.2, -0.15) is 9.97 Å². The first-order chi connectivity index (χ1) is 22.4.